The smallest absolute Gasteiger partial charge is 0 e. The van der Waals surface area contributed by atoms with E-state index < -0.39 is 13.3 Å². The number of furan rings is 1. The molecule has 0 saturated carbocycles. The van der Waals surface area contributed by atoms with Crippen molar-refractivity contribution in [2.24, 2.45) is 0 Å². The summed E-state index contributed by atoms with van der Waals surface area (Å²) >= 11 is -1.72. The Morgan fingerprint density at radius 1 is 0.686 bits per heavy atom. The predicted molar refractivity (Wildman–Crippen MR) is 212 cm³/mol. The van der Waals surface area contributed by atoms with Crippen molar-refractivity contribution in [1.29, 1.82) is 0 Å². The van der Waals surface area contributed by atoms with Crippen LogP contribution in [0, 0.1) is 12.1 Å². The van der Waals surface area contributed by atoms with E-state index in [4.69, 9.17) is 9.40 Å². The number of fused-ring (bicyclic) bond motifs is 4. The van der Waals surface area contributed by atoms with Crippen molar-refractivity contribution >= 4 is 50.6 Å². The Bertz CT molecular complexity index is 2390. The number of benzene rings is 5. The van der Waals surface area contributed by atoms with Gasteiger partial charge < -0.3 is 8.98 Å². The van der Waals surface area contributed by atoms with E-state index in [1.807, 2.05) is 54.7 Å². The van der Waals surface area contributed by atoms with Gasteiger partial charge in [-0.2, -0.15) is 0 Å². The zero-order valence-electron chi connectivity index (χ0n) is 30.3. The van der Waals surface area contributed by atoms with Crippen LogP contribution in [0.25, 0.3) is 61.3 Å². The van der Waals surface area contributed by atoms with Crippen molar-refractivity contribution in [2.45, 2.75) is 56.8 Å². The second-order valence-corrected chi connectivity index (χ2v) is 25.2. The van der Waals surface area contributed by atoms with Crippen LogP contribution in [0.1, 0.15) is 50.7 Å². The second-order valence-electron chi connectivity index (χ2n) is 14.5. The van der Waals surface area contributed by atoms with Gasteiger partial charge in [-0.3, -0.25) is 4.98 Å². The Kier molecular flexibility index (Phi) is 10.8. The maximum Gasteiger partial charge on any atom is 0 e. The van der Waals surface area contributed by atoms with Crippen LogP contribution in [0.2, 0.25) is 17.3 Å². The van der Waals surface area contributed by atoms with E-state index in [0.29, 0.717) is 11.8 Å². The Balaban J connectivity index is 0.000000222. The molecule has 8 aromatic rings. The molecule has 259 valence electrons. The third-order valence-electron chi connectivity index (χ3n) is 9.30. The van der Waals surface area contributed by atoms with Gasteiger partial charge in [-0.25, -0.2) is 0 Å². The Morgan fingerprint density at radius 3 is 2.06 bits per heavy atom. The molecule has 3 aromatic heterocycles. The number of rotatable bonds is 6. The molecule has 0 aliphatic carbocycles. The SMILES string of the molecule is CC(C)c1cccc(C(C)C)c1-n1c(-c2[c-]ccc3c2oc2ccccc23)nc2ccccc21.[CH3][Ge]([CH3])([CH3])[c]1ccc(-c2[c-]cccc2)nc1.[Ir]. The Hall–Kier alpha value is -4.29. The van der Waals surface area contributed by atoms with E-state index >= 15 is 0 Å². The molecule has 0 spiro atoms. The molecule has 51 heavy (non-hydrogen) atoms. The predicted octanol–water partition coefficient (Wildman–Crippen LogP) is 11.7. The molecule has 4 nitrogen and oxygen atoms in total. The topological polar surface area (TPSA) is 43.9 Å². The van der Waals surface area contributed by atoms with Gasteiger partial charge in [0.05, 0.1) is 22.4 Å². The first kappa shape index (κ1) is 36.5. The molecule has 0 atom stereocenters. The number of aromatic nitrogens is 3. The molecule has 6 heteroatoms. The van der Waals surface area contributed by atoms with Gasteiger partial charge in [0.25, 0.3) is 0 Å². The molecular weight excluding hydrogens is 863 g/mol. The minimum absolute atomic E-state index is 0. The first-order valence-corrected chi connectivity index (χ1v) is 24.8. The van der Waals surface area contributed by atoms with Gasteiger partial charge in [-0.05, 0) is 41.2 Å². The van der Waals surface area contributed by atoms with Crippen molar-refractivity contribution in [2.75, 3.05) is 0 Å². The fraction of sp³-hybridized carbons (Fsp3) is 0.200. The van der Waals surface area contributed by atoms with Crippen LogP contribution in [-0.4, -0.2) is 27.8 Å². The van der Waals surface area contributed by atoms with Gasteiger partial charge in [0, 0.05) is 31.2 Å². The molecule has 0 saturated heterocycles. The second kappa shape index (κ2) is 15.1. The minimum Gasteiger partial charge on any atom is 0 e. The summed E-state index contributed by atoms with van der Waals surface area (Å²) in [5.41, 5.74) is 10.6. The summed E-state index contributed by atoms with van der Waals surface area (Å²) in [6.07, 6.45) is 2.04. The van der Waals surface area contributed by atoms with Crippen molar-refractivity contribution < 1.29 is 24.5 Å². The van der Waals surface area contributed by atoms with Crippen LogP contribution >= 0.6 is 0 Å². The van der Waals surface area contributed by atoms with Gasteiger partial charge >= 0.3 is 99.8 Å². The van der Waals surface area contributed by atoms with E-state index in [1.54, 1.807) is 0 Å². The molecule has 8 rings (SSSR count). The Labute approximate surface area is 317 Å². The molecule has 0 amide bonds. The maximum atomic E-state index is 6.40. The normalized spacial score (nSPS) is 11.6. The third kappa shape index (κ3) is 7.26. The number of hydrogen-bond acceptors (Lipinski definition) is 3. The van der Waals surface area contributed by atoms with Crippen LogP contribution in [0.15, 0.2) is 126 Å². The largest absolute Gasteiger partial charge is 0 e. The summed E-state index contributed by atoms with van der Waals surface area (Å²) in [4.78, 5) is 9.68. The standard InChI is InChI=1S/C31H27N2O.C14H16GeN.Ir/c1-19(2)21-12-9-13-22(20(3)4)29(21)33-27-17-7-6-16-26(27)32-31(33)25-15-10-14-24-23-11-5-8-18-28(23)34-30(24)25;1-15(2,3)13-9-10-14(16-11-13)12-7-5-4-6-8-12;/h5-14,16-20H,1-4H3;4-7,9-11H,1-3H3;/q2*-1;. The van der Waals surface area contributed by atoms with Crippen LogP contribution in [0.3, 0.4) is 0 Å². The van der Waals surface area contributed by atoms with Crippen LogP contribution < -0.4 is 4.40 Å². The van der Waals surface area contributed by atoms with E-state index in [2.05, 4.69) is 133 Å². The molecule has 0 unspecified atom stereocenters. The van der Waals surface area contributed by atoms with E-state index in [9.17, 15) is 0 Å². The van der Waals surface area contributed by atoms with Crippen molar-refractivity contribution in [3.05, 3.63) is 145 Å². The van der Waals surface area contributed by atoms with E-state index in [0.717, 1.165) is 55.6 Å². The maximum absolute atomic E-state index is 6.40. The number of imidazole rings is 1. The number of hydrogen-bond donors (Lipinski definition) is 0. The van der Waals surface area contributed by atoms with Crippen molar-refractivity contribution in [3.8, 4) is 28.3 Å². The average molecular weight is 907 g/mol. The molecule has 0 bridgehead atoms. The van der Waals surface area contributed by atoms with Crippen LogP contribution in [0.4, 0.5) is 0 Å². The van der Waals surface area contributed by atoms with Crippen LogP contribution in [-0.2, 0) is 20.1 Å². The summed E-state index contributed by atoms with van der Waals surface area (Å²) in [6.45, 7) is 9.03. The molecule has 0 aliphatic heterocycles. The van der Waals surface area contributed by atoms with Crippen molar-refractivity contribution in [3.63, 3.8) is 0 Å². The number of nitrogens with zero attached hydrogens (tertiary/aromatic N) is 3. The fourth-order valence-corrected chi connectivity index (χ4v) is 8.77. The first-order valence-electron chi connectivity index (χ1n) is 17.5. The van der Waals surface area contributed by atoms with Crippen LogP contribution in [0.5, 0.6) is 0 Å². The van der Waals surface area contributed by atoms with E-state index in [1.165, 1.54) is 21.2 Å². The summed E-state index contributed by atoms with van der Waals surface area (Å²) in [7, 11) is 0. The molecule has 1 radical (unpaired) electrons. The summed E-state index contributed by atoms with van der Waals surface area (Å²) in [5.74, 6) is 8.74. The summed E-state index contributed by atoms with van der Waals surface area (Å²) in [6, 6.07) is 46.3. The molecule has 3 heterocycles. The molecule has 0 aliphatic rings. The van der Waals surface area contributed by atoms with Gasteiger partial charge in [-0.1, -0.05) is 87.2 Å². The Morgan fingerprint density at radius 2 is 1.39 bits per heavy atom. The monoisotopic (exact) mass is 908 g/mol. The quantitative estimate of drug-likeness (QED) is 0.123. The summed E-state index contributed by atoms with van der Waals surface area (Å²) < 4.78 is 10.2. The first-order chi connectivity index (χ1) is 24.1. The number of pyridine rings is 1. The third-order valence-corrected chi connectivity index (χ3v) is 13.6. The van der Waals surface area contributed by atoms with E-state index in [-0.39, 0.29) is 20.1 Å². The molecule has 0 fully saturated rings. The van der Waals surface area contributed by atoms with Crippen molar-refractivity contribution in [1.82, 2.24) is 14.5 Å². The van der Waals surface area contributed by atoms with Gasteiger partial charge in [0.1, 0.15) is 5.58 Å². The minimum atomic E-state index is -1.72. The number of para-hydroxylation sites is 4. The molecule has 5 aromatic carbocycles. The average Bonchev–Trinajstić information content (AvgIpc) is 3.70. The zero-order chi connectivity index (χ0) is 35.0. The fourth-order valence-electron chi connectivity index (χ4n) is 6.60. The summed E-state index contributed by atoms with van der Waals surface area (Å²) in [5, 5.41) is 2.20. The van der Waals surface area contributed by atoms with Gasteiger partial charge in [0.15, 0.2) is 0 Å². The zero-order valence-corrected chi connectivity index (χ0v) is 34.8. The van der Waals surface area contributed by atoms with Gasteiger partial charge in [0.2, 0.25) is 0 Å². The molecule has 0 N–H and O–H groups in total. The van der Waals surface area contributed by atoms with Gasteiger partial charge in [-0.15, -0.1) is 18.2 Å². The molecular formula is C45H43GeIrN3O-2.